The number of aromatic nitrogens is 3. The van der Waals surface area contributed by atoms with E-state index in [4.69, 9.17) is 4.74 Å². The minimum atomic E-state index is -0.460. The van der Waals surface area contributed by atoms with Gasteiger partial charge in [0.2, 0.25) is 0 Å². The molecule has 1 aliphatic heterocycles. The molecule has 3 heterocycles. The molecule has 1 aliphatic rings. The van der Waals surface area contributed by atoms with Crippen LogP contribution in [-0.2, 0) is 6.61 Å². The zero-order chi connectivity index (χ0) is 19.3. The number of rotatable bonds is 5. The van der Waals surface area contributed by atoms with Crippen LogP contribution in [0.2, 0.25) is 0 Å². The van der Waals surface area contributed by atoms with Crippen molar-refractivity contribution in [3.05, 3.63) is 88.4 Å². The molecule has 7 nitrogen and oxygen atoms in total. The lowest BCUT2D eigenvalue weighted by atomic mass is 10.1. The second kappa shape index (κ2) is 8.04. The summed E-state index contributed by atoms with van der Waals surface area (Å²) in [6.07, 6.45) is 4.75. The van der Waals surface area contributed by atoms with E-state index in [-0.39, 0.29) is 24.1 Å². The molecule has 1 atom stereocenters. The molecule has 3 aromatic rings. The van der Waals surface area contributed by atoms with Crippen LogP contribution >= 0.6 is 0 Å². The Morgan fingerprint density at radius 1 is 1.14 bits per heavy atom. The van der Waals surface area contributed by atoms with Gasteiger partial charge in [0.1, 0.15) is 23.7 Å². The smallest absolute Gasteiger partial charge is 0.263 e. The monoisotopic (exact) mass is 376 g/mol. The standard InChI is InChI=1S/C21H20N4O3/c26-20-16(13-23-19(24-20)14-28-15-7-2-1-3-8-15)21(27)25-12-6-10-18(25)17-9-4-5-11-22-17/h1-5,7-9,11,13,18H,6,10,12,14H2,(H,23,24,26)/t18-/m0/s1. The Labute approximate surface area is 162 Å². The molecule has 0 aliphatic carbocycles. The lowest BCUT2D eigenvalue weighted by Crippen LogP contribution is -2.35. The number of amides is 1. The molecular weight excluding hydrogens is 356 g/mol. The van der Waals surface area contributed by atoms with E-state index in [9.17, 15) is 9.59 Å². The Balaban J connectivity index is 1.49. The third kappa shape index (κ3) is 3.78. The van der Waals surface area contributed by atoms with Gasteiger partial charge in [-0.3, -0.25) is 14.6 Å². The molecule has 1 fully saturated rings. The SMILES string of the molecule is O=C(c1cnc(COc2ccccc2)[nH]c1=O)N1CCC[C@H]1c1ccccn1. The van der Waals surface area contributed by atoms with Crippen LogP contribution in [0.15, 0.2) is 65.7 Å². The molecule has 1 aromatic carbocycles. The van der Waals surface area contributed by atoms with E-state index < -0.39 is 5.56 Å². The van der Waals surface area contributed by atoms with Crippen LogP contribution in [0.3, 0.4) is 0 Å². The van der Waals surface area contributed by atoms with Gasteiger partial charge in [0.05, 0.1) is 11.7 Å². The first-order valence-corrected chi connectivity index (χ1v) is 9.20. The quantitative estimate of drug-likeness (QED) is 0.740. The number of H-pyrrole nitrogens is 1. The van der Waals surface area contributed by atoms with Gasteiger partial charge < -0.3 is 14.6 Å². The number of aromatic amines is 1. The van der Waals surface area contributed by atoms with Crippen molar-refractivity contribution in [3.63, 3.8) is 0 Å². The third-order valence-electron chi connectivity index (χ3n) is 4.74. The summed E-state index contributed by atoms with van der Waals surface area (Å²) in [5.74, 6) is 0.728. The lowest BCUT2D eigenvalue weighted by Gasteiger charge is -2.24. The van der Waals surface area contributed by atoms with Crippen molar-refractivity contribution < 1.29 is 9.53 Å². The molecule has 1 saturated heterocycles. The van der Waals surface area contributed by atoms with E-state index in [1.807, 2.05) is 48.5 Å². The van der Waals surface area contributed by atoms with Crippen molar-refractivity contribution in [3.8, 4) is 5.75 Å². The summed E-state index contributed by atoms with van der Waals surface area (Å²) in [4.78, 5) is 38.3. The Kier molecular flexibility index (Phi) is 5.14. The van der Waals surface area contributed by atoms with E-state index in [0.29, 0.717) is 18.1 Å². The maximum absolute atomic E-state index is 12.9. The number of likely N-dealkylation sites (tertiary alicyclic amines) is 1. The summed E-state index contributed by atoms with van der Waals surface area (Å²) in [5, 5.41) is 0. The summed E-state index contributed by atoms with van der Waals surface area (Å²) in [7, 11) is 0. The van der Waals surface area contributed by atoms with E-state index in [0.717, 1.165) is 18.5 Å². The molecular formula is C21H20N4O3. The van der Waals surface area contributed by atoms with Crippen LogP contribution < -0.4 is 10.3 Å². The molecule has 0 spiro atoms. The van der Waals surface area contributed by atoms with E-state index in [1.165, 1.54) is 6.20 Å². The normalized spacial score (nSPS) is 16.1. The fraction of sp³-hybridized carbons (Fsp3) is 0.238. The molecule has 1 amide bonds. The second-order valence-electron chi connectivity index (χ2n) is 6.59. The van der Waals surface area contributed by atoms with E-state index in [2.05, 4.69) is 15.0 Å². The van der Waals surface area contributed by atoms with Gasteiger partial charge in [-0.1, -0.05) is 24.3 Å². The molecule has 28 heavy (non-hydrogen) atoms. The number of hydrogen-bond acceptors (Lipinski definition) is 5. The Bertz CT molecular complexity index is 1000. The maximum Gasteiger partial charge on any atom is 0.263 e. The first kappa shape index (κ1) is 17.9. The Hall–Kier alpha value is -3.48. The number of hydrogen-bond donors (Lipinski definition) is 1. The number of benzene rings is 1. The van der Waals surface area contributed by atoms with Crippen molar-refractivity contribution in [1.29, 1.82) is 0 Å². The molecule has 7 heteroatoms. The average molecular weight is 376 g/mol. The van der Waals surface area contributed by atoms with Gasteiger partial charge in [0.15, 0.2) is 0 Å². The second-order valence-corrected chi connectivity index (χ2v) is 6.59. The number of nitrogens with zero attached hydrogens (tertiary/aromatic N) is 3. The van der Waals surface area contributed by atoms with Crippen LogP contribution in [0, 0.1) is 0 Å². The van der Waals surface area contributed by atoms with E-state index >= 15 is 0 Å². The van der Waals surface area contributed by atoms with E-state index in [1.54, 1.807) is 11.1 Å². The van der Waals surface area contributed by atoms with Gasteiger partial charge in [0.25, 0.3) is 11.5 Å². The number of ether oxygens (including phenoxy) is 1. The van der Waals surface area contributed by atoms with Crippen molar-refractivity contribution in [1.82, 2.24) is 19.9 Å². The Morgan fingerprint density at radius 3 is 2.71 bits per heavy atom. The zero-order valence-electron chi connectivity index (χ0n) is 15.2. The topological polar surface area (TPSA) is 88.2 Å². The van der Waals surface area contributed by atoms with Crippen LogP contribution in [0.5, 0.6) is 5.75 Å². The first-order valence-electron chi connectivity index (χ1n) is 9.20. The molecule has 0 unspecified atom stereocenters. The van der Waals surface area contributed by atoms with Gasteiger partial charge in [0, 0.05) is 18.9 Å². The predicted molar refractivity (Wildman–Crippen MR) is 103 cm³/mol. The highest BCUT2D eigenvalue weighted by Gasteiger charge is 2.32. The molecule has 0 radical (unpaired) electrons. The summed E-state index contributed by atoms with van der Waals surface area (Å²) in [5.41, 5.74) is 0.412. The molecule has 2 aromatic heterocycles. The van der Waals surface area contributed by atoms with Crippen molar-refractivity contribution in [2.45, 2.75) is 25.5 Å². The van der Waals surface area contributed by atoms with Gasteiger partial charge in [-0.15, -0.1) is 0 Å². The number of pyridine rings is 1. The van der Waals surface area contributed by atoms with Crippen LogP contribution in [0.25, 0.3) is 0 Å². The number of nitrogens with one attached hydrogen (secondary N) is 1. The predicted octanol–water partition coefficient (Wildman–Crippen LogP) is 2.72. The first-order chi connectivity index (χ1) is 13.7. The van der Waals surface area contributed by atoms with Gasteiger partial charge in [-0.2, -0.15) is 0 Å². The van der Waals surface area contributed by atoms with Crippen molar-refractivity contribution in [2.75, 3.05) is 6.54 Å². The number of carbonyl (C=O) groups excluding carboxylic acids is 1. The zero-order valence-corrected chi connectivity index (χ0v) is 15.2. The van der Waals surface area contributed by atoms with Crippen molar-refractivity contribution >= 4 is 5.91 Å². The average Bonchev–Trinajstić information content (AvgIpc) is 3.23. The molecule has 0 saturated carbocycles. The molecule has 4 rings (SSSR count). The summed E-state index contributed by atoms with van der Waals surface area (Å²) in [6, 6.07) is 14.8. The maximum atomic E-state index is 12.9. The summed E-state index contributed by atoms with van der Waals surface area (Å²) < 4.78 is 5.59. The van der Waals surface area contributed by atoms with Crippen LogP contribution in [0.1, 0.15) is 40.8 Å². The minimum absolute atomic E-state index is 0.0336. The summed E-state index contributed by atoms with van der Waals surface area (Å²) in [6.45, 7) is 0.715. The molecule has 0 bridgehead atoms. The largest absolute Gasteiger partial charge is 0.486 e. The highest BCUT2D eigenvalue weighted by atomic mass is 16.5. The molecule has 1 N–H and O–H groups in total. The third-order valence-corrected chi connectivity index (χ3v) is 4.74. The van der Waals surface area contributed by atoms with Crippen LogP contribution in [-0.4, -0.2) is 32.3 Å². The summed E-state index contributed by atoms with van der Waals surface area (Å²) >= 11 is 0. The molecule has 142 valence electrons. The highest BCUT2D eigenvalue weighted by molar-refractivity contribution is 5.94. The van der Waals surface area contributed by atoms with Crippen LogP contribution in [0.4, 0.5) is 0 Å². The van der Waals surface area contributed by atoms with Gasteiger partial charge in [-0.05, 0) is 37.1 Å². The number of carbonyl (C=O) groups is 1. The van der Waals surface area contributed by atoms with Gasteiger partial charge in [-0.25, -0.2) is 4.98 Å². The fourth-order valence-corrected chi connectivity index (χ4v) is 3.37. The lowest BCUT2D eigenvalue weighted by molar-refractivity contribution is 0.0730. The van der Waals surface area contributed by atoms with Crippen molar-refractivity contribution in [2.24, 2.45) is 0 Å². The highest BCUT2D eigenvalue weighted by Crippen LogP contribution is 2.31. The number of para-hydroxylation sites is 1. The fourth-order valence-electron chi connectivity index (χ4n) is 3.37. The Morgan fingerprint density at radius 2 is 1.96 bits per heavy atom. The minimum Gasteiger partial charge on any atom is -0.486 e. The van der Waals surface area contributed by atoms with Gasteiger partial charge >= 0.3 is 0 Å².